The highest BCUT2D eigenvalue weighted by Gasteiger charge is 2.18. The van der Waals surface area contributed by atoms with Gasteiger partial charge in [0.15, 0.2) is 0 Å². The summed E-state index contributed by atoms with van der Waals surface area (Å²) in [5.41, 5.74) is 0. The molecular weight excluding hydrogens is 136 g/mol. The summed E-state index contributed by atoms with van der Waals surface area (Å²) >= 11 is 0. The number of unbranched alkanes of at least 4 members (excludes halogenated alkanes) is 1. The van der Waals surface area contributed by atoms with Crippen LogP contribution in [0.2, 0.25) is 0 Å². The van der Waals surface area contributed by atoms with E-state index in [0.29, 0.717) is 0 Å². The summed E-state index contributed by atoms with van der Waals surface area (Å²) in [4.78, 5) is 0. The molecule has 0 aromatic carbocycles. The van der Waals surface area contributed by atoms with Crippen molar-refractivity contribution in [3.63, 3.8) is 0 Å². The topological polar surface area (TPSA) is 29.3 Å². The van der Waals surface area contributed by atoms with E-state index in [0.717, 1.165) is 19.0 Å². The Morgan fingerprint density at radius 2 is 2.18 bits per heavy atom. The molecule has 11 heavy (non-hydrogen) atoms. The lowest BCUT2D eigenvalue weighted by Gasteiger charge is -2.29. The van der Waals surface area contributed by atoms with Crippen molar-refractivity contribution in [2.24, 2.45) is 11.8 Å². The summed E-state index contributed by atoms with van der Waals surface area (Å²) in [7, 11) is 0. The smallest absolute Gasteiger partial charge is 0.0156 e. The Hall–Kier alpha value is -0.0800. The Morgan fingerprint density at radius 3 is 2.64 bits per heavy atom. The number of hydrogen-bond donors (Lipinski definition) is 1. The Balaban J connectivity index is 1.95. The zero-order valence-electron chi connectivity index (χ0n) is 7.55. The second kappa shape index (κ2) is 4.73. The van der Waals surface area contributed by atoms with Crippen LogP contribution in [0.5, 0.6) is 0 Å². The SMILES string of the molecule is CCCCN(N)CC1CCC1. The van der Waals surface area contributed by atoms with E-state index >= 15 is 0 Å². The lowest BCUT2D eigenvalue weighted by atomic mass is 9.85. The minimum atomic E-state index is 0.914. The van der Waals surface area contributed by atoms with Crippen LogP contribution in [-0.4, -0.2) is 18.1 Å². The molecule has 0 heterocycles. The molecule has 1 aliphatic rings. The first-order valence-electron chi connectivity index (χ1n) is 4.82. The van der Waals surface area contributed by atoms with Gasteiger partial charge in [0.05, 0.1) is 0 Å². The molecule has 1 saturated carbocycles. The van der Waals surface area contributed by atoms with Gasteiger partial charge in [0, 0.05) is 13.1 Å². The molecule has 0 aromatic heterocycles. The Bertz CT molecular complexity index is 99.7. The first-order chi connectivity index (χ1) is 5.33. The first-order valence-corrected chi connectivity index (χ1v) is 4.82. The molecule has 2 heteroatoms. The molecule has 0 amide bonds. The molecule has 66 valence electrons. The van der Waals surface area contributed by atoms with Crippen LogP contribution in [-0.2, 0) is 0 Å². The van der Waals surface area contributed by atoms with Gasteiger partial charge in [0.1, 0.15) is 0 Å². The van der Waals surface area contributed by atoms with Crippen LogP contribution in [0, 0.1) is 5.92 Å². The Labute approximate surface area is 69.7 Å². The molecule has 1 rings (SSSR count). The Kier molecular flexibility index (Phi) is 3.87. The standard InChI is InChI=1S/C9H20N2/c1-2-3-7-11(10)8-9-5-4-6-9/h9H,2-8,10H2,1H3. The normalized spacial score (nSPS) is 18.8. The van der Waals surface area contributed by atoms with E-state index in [4.69, 9.17) is 5.84 Å². The highest BCUT2D eigenvalue weighted by molar-refractivity contribution is 4.71. The van der Waals surface area contributed by atoms with Crippen molar-refractivity contribution in [2.45, 2.75) is 39.0 Å². The summed E-state index contributed by atoms with van der Waals surface area (Å²) in [5, 5.41) is 1.99. The lowest BCUT2D eigenvalue weighted by Crippen LogP contribution is -2.38. The molecule has 0 bridgehead atoms. The van der Waals surface area contributed by atoms with Crippen LogP contribution < -0.4 is 5.84 Å². The van der Waals surface area contributed by atoms with E-state index in [-0.39, 0.29) is 0 Å². The van der Waals surface area contributed by atoms with E-state index in [9.17, 15) is 0 Å². The largest absolute Gasteiger partial charge is 0.269 e. The van der Waals surface area contributed by atoms with E-state index in [1.165, 1.54) is 32.1 Å². The molecule has 0 radical (unpaired) electrons. The second-order valence-corrected chi connectivity index (χ2v) is 3.65. The fraction of sp³-hybridized carbons (Fsp3) is 1.00. The zero-order chi connectivity index (χ0) is 8.10. The fourth-order valence-corrected chi connectivity index (χ4v) is 1.46. The number of rotatable bonds is 5. The molecule has 1 fully saturated rings. The predicted octanol–water partition coefficient (Wildman–Crippen LogP) is 1.76. The van der Waals surface area contributed by atoms with Gasteiger partial charge < -0.3 is 0 Å². The van der Waals surface area contributed by atoms with E-state index in [2.05, 4.69) is 6.92 Å². The average molecular weight is 156 g/mol. The molecule has 0 atom stereocenters. The number of nitrogens with zero attached hydrogens (tertiary/aromatic N) is 1. The van der Waals surface area contributed by atoms with Crippen molar-refractivity contribution < 1.29 is 0 Å². The van der Waals surface area contributed by atoms with E-state index in [1.54, 1.807) is 0 Å². The fourth-order valence-electron chi connectivity index (χ4n) is 1.46. The van der Waals surface area contributed by atoms with Gasteiger partial charge >= 0.3 is 0 Å². The molecule has 0 spiro atoms. The third kappa shape index (κ3) is 3.21. The summed E-state index contributed by atoms with van der Waals surface area (Å²) in [5.74, 6) is 6.72. The molecule has 2 N–H and O–H groups in total. The highest BCUT2D eigenvalue weighted by atomic mass is 15.4. The van der Waals surface area contributed by atoms with Crippen LogP contribution in [0.4, 0.5) is 0 Å². The highest BCUT2D eigenvalue weighted by Crippen LogP contribution is 2.26. The van der Waals surface area contributed by atoms with Crippen molar-refractivity contribution in [1.82, 2.24) is 5.01 Å². The van der Waals surface area contributed by atoms with Crippen molar-refractivity contribution in [2.75, 3.05) is 13.1 Å². The summed E-state index contributed by atoms with van der Waals surface area (Å²) in [6, 6.07) is 0. The quantitative estimate of drug-likeness (QED) is 0.485. The molecule has 0 aromatic rings. The van der Waals surface area contributed by atoms with E-state index in [1.807, 2.05) is 5.01 Å². The van der Waals surface area contributed by atoms with Gasteiger partial charge in [-0.3, -0.25) is 5.84 Å². The monoisotopic (exact) mass is 156 g/mol. The van der Waals surface area contributed by atoms with Crippen molar-refractivity contribution in [1.29, 1.82) is 0 Å². The number of hydrazine groups is 1. The van der Waals surface area contributed by atoms with Gasteiger partial charge in [0.2, 0.25) is 0 Å². The Morgan fingerprint density at radius 1 is 1.45 bits per heavy atom. The van der Waals surface area contributed by atoms with Gasteiger partial charge in [-0.05, 0) is 25.2 Å². The molecule has 0 saturated heterocycles. The number of hydrogen-bond acceptors (Lipinski definition) is 2. The van der Waals surface area contributed by atoms with Gasteiger partial charge in [-0.25, -0.2) is 5.01 Å². The third-order valence-electron chi connectivity index (χ3n) is 2.52. The molecule has 1 aliphatic carbocycles. The third-order valence-corrected chi connectivity index (χ3v) is 2.52. The van der Waals surface area contributed by atoms with Crippen molar-refractivity contribution >= 4 is 0 Å². The molecular formula is C9H20N2. The lowest BCUT2D eigenvalue weighted by molar-refractivity contribution is 0.178. The minimum absolute atomic E-state index is 0.914. The number of nitrogens with two attached hydrogens (primary N) is 1. The van der Waals surface area contributed by atoms with Gasteiger partial charge in [-0.2, -0.15) is 0 Å². The second-order valence-electron chi connectivity index (χ2n) is 3.65. The van der Waals surface area contributed by atoms with Crippen molar-refractivity contribution in [3.05, 3.63) is 0 Å². The van der Waals surface area contributed by atoms with Crippen LogP contribution in [0.3, 0.4) is 0 Å². The maximum atomic E-state index is 5.80. The van der Waals surface area contributed by atoms with Gasteiger partial charge in [-0.15, -0.1) is 0 Å². The van der Waals surface area contributed by atoms with Crippen molar-refractivity contribution in [3.8, 4) is 0 Å². The molecule has 0 unspecified atom stereocenters. The maximum absolute atomic E-state index is 5.80. The zero-order valence-corrected chi connectivity index (χ0v) is 7.55. The van der Waals surface area contributed by atoms with Crippen LogP contribution >= 0.6 is 0 Å². The van der Waals surface area contributed by atoms with Crippen LogP contribution in [0.25, 0.3) is 0 Å². The first kappa shape index (κ1) is 9.01. The molecule has 0 aliphatic heterocycles. The minimum Gasteiger partial charge on any atom is -0.269 e. The molecule has 2 nitrogen and oxygen atoms in total. The van der Waals surface area contributed by atoms with E-state index < -0.39 is 0 Å². The average Bonchev–Trinajstić information content (AvgIpc) is 1.93. The maximum Gasteiger partial charge on any atom is 0.0156 e. The summed E-state index contributed by atoms with van der Waals surface area (Å²) in [6.07, 6.45) is 6.72. The van der Waals surface area contributed by atoms with Crippen LogP contribution in [0.1, 0.15) is 39.0 Å². The predicted molar refractivity (Wildman–Crippen MR) is 48.0 cm³/mol. The summed E-state index contributed by atoms with van der Waals surface area (Å²) < 4.78 is 0. The van der Waals surface area contributed by atoms with Gasteiger partial charge in [-0.1, -0.05) is 19.8 Å². The van der Waals surface area contributed by atoms with Gasteiger partial charge in [0.25, 0.3) is 0 Å². The van der Waals surface area contributed by atoms with Crippen LogP contribution in [0.15, 0.2) is 0 Å². The summed E-state index contributed by atoms with van der Waals surface area (Å²) in [6.45, 7) is 4.41.